The standard InChI is InChI=1S/C20H23ClN8O4.HI/c1-4-29-12-7-10(19(31)25-9-14(30)33-3)5-6-11(12)28(2)13(29)8-24-20(32)15-17(22)27-18(23)16(21)26-15;/h5-7H,4,8-9H2,1-3H3,(H5-,22,23,24,25,27,31,32);1H. The molecule has 34 heavy (non-hydrogen) atoms. The van der Waals surface area contributed by atoms with Crippen LogP contribution in [0.4, 0.5) is 11.6 Å². The minimum absolute atomic E-state index is 0. The second kappa shape index (κ2) is 11.3. The number of hydrogen-bond donors (Lipinski definition) is 4. The molecule has 2 heterocycles. The van der Waals surface area contributed by atoms with Crippen LogP contribution in [0.1, 0.15) is 33.6 Å². The first-order chi connectivity index (χ1) is 15.7. The van der Waals surface area contributed by atoms with Crippen LogP contribution in [0, 0.1) is 0 Å². The van der Waals surface area contributed by atoms with Crippen molar-refractivity contribution < 1.29 is 47.7 Å². The smallest absolute Gasteiger partial charge is 0.325 e. The number of nitrogens with two attached hydrogens (primary N) is 2. The van der Waals surface area contributed by atoms with E-state index >= 15 is 0 Å². The van der Waals surface area contributed by atoms with E-state index in [4.69, 9.17) is 23.1 Å². The van der Waals surface area contributed by atoms with Crippen molar-refractivity contribution >= 4 is 52.1 Å². The van der Waals surface area contributed by atoms with E-state index in [-0.39, 0.29) is 59.5 Å². The maximum atomic E-state index is 12.6. The molecule has 0 fully saturated rings. The Balaban J connectivity index is 0.00000408. The number of imidazole rings is 1. The van der Waals surface area contributed by atoms with Crippen molar-refractivity contribution in [2.24, 2.45) is 7.05 Å². The summed E-state index contributed by atoms with van der Waals surface area (Å²) in [6.07, 6.45) is 0. The van der Waals surface area contributed by atoms with E-state index < -0.39 is 17.8 Å². The minimum Gasteiger partial charge on any atom is -1.00 e. The monoisotopic (exact) mass is 602 g/mol. The third kappa shape index (κ3) is 5.47. The maximum absolute atomic E-state index is 12.6. The van der Waals surface area contributed by atoms with E-state index in [1.54, 1.807) is 18.2 Å². The number of carbonyl (C=O) groups excluding carboxylic acids is 3. The number of halogens is 2. The lowest BCUT2D eigenvalue weighted by atomic mass is 10.2. The number of nitrogens with zero attached hydrogens (tertiary/aromatic N) is 4. The van der Waals surface area contributed by atoms with Crippen LogP contribution in [0.5, 0.6) is 0 Å². The molecule has 182 valence electrons. The van der Waals surface area contributed by atoms with Crippen LogP contribution in [-0.2, 0) is 29.7 Å². The first kappa shape index (κ1) is 27.0. The van der Waals surface area contributed by atoms with Crippen molar-refractivity contribution in [2.75, 3.05) is 25.1 Å². The molecule has 2 aromatic heterocycles. The lowest BCUT2D eigenvalue weighted by molar-refractivity contribution is -0.654. The molecule has 6 N–H and O–H groups in total. The first-order valence-electron chi connectivity index (χ1n) is 9.90. The molecule has 0 saturated carbocycles. The molecule has 0 spiro atoms. The third-order valence-corrected chi connectivity index (χ3v) is 5.33. The fourth-order valence-electron chi connectivity index (χ4n) is 3.37. The molecule has 14 heteroatoms. The molecule has 0 aliphatic carbocycles. The van der Waals surface area contributed by atoms with Crippen molar-refractivity contribution in [3.63, 3.8) is 0 Å². The Labute approximate surface area is 217 Å². The molecule has 0 radical (unpaired) electrons. The number of hydrogen-bond acceptors (Lipinski definition) is 8. The van der Waals surface area contributed by atoms with Crippen molar-refractivity contribution in [1.29, 1.82) is 0 Å². The van der Waals surface area contributed by atoms with Gasteiger partial charge in [-0.25, -0.2) is 19.1 Å². The van der Waals surface area contributed by atoms with Crippen LogP contribution in [0.15, 0.2) is 18.2 Å². The van der Waals surface area contributed by atoms with E-state index in [1.165, 1.54) is 7.11 Å². The molecule has 0 bridgehead atoms. The number of amides is 2. The summed E-state index contributed by atoms with van der Waals surface area (Å²) in [4.78, 5) is 44.1. The molecule has 3 rings (SSSR count). The van der Waals surface area contributed by atoms with Crippen LogP contribution >= 0.6 is 11.6 Å². The van der Waals surface area contributed by atoms with Gasteiger partial charge in [0.25, 0.3) is 17.6 Å². The van der Waals surface area contributed by atoms with Crippen LogP contribution < -0.4 is 50.6 Å². The Hall–Kier alpha value is -3.20. The van der Waals surface area contributed by atoms with Gasteiger partial charge in [0.1, 0.15) is 13.1 Å². The molecule has 0 aliphatic rings. The number of esters is 1. The number of aryl methyl sites for hydroxylation is 2. The van der Waals surface area contributed by atoms with Gasteiger partial charge in [0, 0.05) is 11.6 Å². The van der Waals surface area contributed by atoms with Gasteiger partial charge in [0.2, 0.25) is 0 Å². The SMILES string of the molecule is CCn1c(CNC(=O)c2nc(Cl)c(N)nc2N)[n+](C)c2ccc(C(=O)NCC(=O)OC)cc21.[I-]. The number of nitrogens with one attached hydrogen (secondary N) is 2. The molecule has 0 aliphatic heterocycles. The summed E-state index contributed by atoms with van der Waals surface area (Å²) in [7, 11) is 3.10. The number of carbonyl (C=O) groups is 3. The largest absolute Gasteiger partial charge is 1.00 e. The molecule has 3 aromatic rings. The lowest BCUT2D eigenvalue weighted by Crippen LogP contribution is -3.00. The third-order valence-electron chi connectivity index (χ3n) is 5.05. The molecule has 12 nitrogen and oxygen atoms in total. The summed E-state index contributed by atoms with van der Waals surface area (Å²) in [5.74, 6) is -0.928. The Kier molecular flexibility index (Phi) is 8.98. The van der Waals surface area contributed by atoms with Gasteiger partial charge in [-0.2, -0.15) is 0 Å². The van der Waals surface area contributed by atoms with Crippen LogP contribution in [-0.4, -0.2) is 46.0 Å². The van der Waals surface area contributed by atoms with Gasteiger partial charge in [-0.15, -0.1) is 0 Å². The summed E-state index contributed by atoms with van der Waals surface area (Å²) < 4.78 is 8.39. The zero-order valence-corrected chi connectivity index (χ0v) is 21.6. The summed E-state index contributed by atoms with van der Waals surface area (Å²) in [6, 6.07) is 5.17. The van der Waals surface area contributed by atoms with Gasteiger partial charge >= 0.3 is 5.97 Å². The Morgan fingerprint density at radius 2 is 1.85 bits per heavy atom. The fourth-order valence-corrected chi connectivity index (χ4v) is 3.50. The van der Waals surface area contributed by atoms with E-state index in [1.807, 2.05) is 23.1 Å². The number of ether oxygens (including phenoxy) is 1. The van der Waals surface area contributed by atoms with Gasteiger partial charge in [0.05, 0.1) is 20.7 Å². The number of methoxy groups -OCH3 is 1. The highest BCUT2D eigenvalue weighted by molar-refractivity contribution is 6.31. The van der Waals surface area contributed by atoms with Crippen LogP contribution in [0.2, 0.25) is 5.15 Å². The first-order valence-corrected chi connectivity index (χ1v) is 10.3. The van der Waals surface area contributed by atoms with Crippen LogP contribution in [0.25, 0.3) is 11.0 Å². The van der Waals surface area contributed by atoms with Crippen molar-refractivity contribution in [2.45, 2.75) is 20.0 Å². The number of nitrogen functional groups attached to an aromatic ring is 2. The number of fused-ring (bicyclic) bond motifs is 1. The van der Waals surface area contributed by atoms with Crippen molar-refractivity contribution in [3.05, 3.63) is 40.4 Å². The van der Waals surface area contributed by atoms with Crippen molar-refractivity contribution in [3.8, 4) is 0 Å². The average molecular weight is 603 g/mol. The highest BCUT2D eigenvalue weighted by atomic mass is 127. The average Bonchev–Trinajstić information content (AvgIpc) is 3.07. The molecule has 2 amide bonds. The second-order valence-electron chi connectivity index (χ2n) is 7.00. The zero-order valence-electron chi connectivity index (χ0n) is 18.7. The highest BCUT2D eigenvalue weighted by Crippen LogP contribution is 2.19. The Bertz CT molecular complexity index is 1260. The Morgan fingerprint density at radius 1 is 1.15 bits per heavy atom. The van der Waals surface area contributed by atoms with Gasteiger partial charge < -0.3 is 50.8 Å². The number of rotatable bonds is 7. The zero-order chi connectivity index (χ0) is 24.3. The summed E-state index contributed by atoms with van der Waals surface area (Å²) in [5, 5.41) is 5.17. The van der Waals surface area contributed by atoms with Crippen molar-refractivity contribution in [1.82, 2.24) is 25.2 Å². The predicted octanol–water partition coefficient (Wildman–Crippen LogP) is -3.07. The highest BCUT2D eigenvalue weighted by Gasteiger charge is 2.25. The van der Waals surface area contributed by atoms with Gasteiger partial charge in [0.15, 0.2) is 33.5 Å². The molecule has 0 saturated heterocycles. The lowest BCUT2D eigenvalue weighted by Gasteiger charge is -2.07. The van der Waals surface area contributed by atoms with Gasteiger partial charge in [-0.05, 0) is 19.1 Å². The normalized spacial score (nSPS) is 10.5. The minimum atomic E-state index is -0.558. The van der Waals surface area contributed by atoms with Gasteiger partial charge in [-0.1, -0.05) is 11.6 Å². The maximum Gasteiger partial charge on any atom is 0.325 e. The van der Waals surface area contributed by atoms with E-state index in [0.29, 0.717) is 12.1 Å². The topological polar surface area (TPSA) is 171 Å². The Morgan fingerprint density at radius 3 is 2.50 bits per heavy atom. The number of benzene rings is 1. The fraction of sp³-hybridized carbons (Fsp3) is 0.300. The molecule has 0 atom stereocenters. The van der Waals surface area contributed by atoms with Crippen LogP contribution in [0.3, 0.4) is 0 Å². The summed E-state index contributed by atoms with van der Waals surface area (Å²) >= 11 is 5.86. The predicted molar refractivity (Wildman–Crippen MR) is 120 cm³/mol. The quantitative estimate of drug-likeness (QED) is 0.125. The van der Waals surface area contributed by atoms with Gasteiger partial charge in [-0.3, -0.25) is 14.4 Å². The summed E-state index contributed by atoms with van der Waals surface area (Å²) in [5.41, 5.74) is 13.2. The van der Waals surface area contributed by atoms with E-state index in [0.717, 1.165) is 16.9 Å². The molecular formula is C20H24ClIN8O4. The van der Waals surface area contributed by atoms with E-state index in [2.05, 4.69) is 25.3 Å². The van der Waals surface area contributed by atoms with E-state index in [9.17, 15) is 14.4 Å². The molecular weight excluding hydrogens is 579 g/mol. The molecule has 0 unspecified atom stereocenters. The number of aromatic nitrogens is 4. The summed E-state index contributed by atoms with van der Waals surface area (Å²) in [6.45, 7) is 2.43. The second-order valence-corrected chi connectivity index (χ2v) is 7.36. The molecule has 1 aromatic carbocycles. The number of anilines is 2.